The van der Waals surface area contributed by atoms with Crippen molar-refractivity contribution >= 4 is 40.5 Å². The second-order valence-corrected chi connectivity index (χ2v) is 17.0. The summed E-state index contributed by atoms with van der Waals surface area (Å²) in [5, 5.41) is 13.7. The maximum atomic E-state index is 13.8. The molecule has 0 spiro atoms. The number of rotatable bonds is 13. The number of nitrogens with zero attached hydrogens (tertiary/aromatic N) is 5. The second-order valence-electron chi connectivity index (χ2n) is 17.0. The molecule has 0 bridgehead atoms. The summed E-state index contributed by atoms with van der Waals surface area (Å²) in [5.41, 5.74) is 25.1. The number of amides is 3. The van der Waals surface area contributed by atoms with Gasteiger partial charge in [-0.2, -0.15) is 0 Å². The van der Waals surface area contributed by atoms with Gasteiger partial charge in [-0.3, -0.25) is 19.7 Å². The first-order valence-electron chi connectivity index (χ1n) is 21.5. The summed E-state index contributed by atoms with van der Waals surface area (Å²) < 4.78 is 8.85. The Balaban J connectivity index is 0.891. The van der Waals surface area contributed by atoms with E-state index in [1.54, 1.807) is 24.3 Å². The van der Waals surface area contributed by atoms with E-state index in [9.17, 15) is 19.5 Å². The zero-order valence-corrected chi connectivity index (χ0v) is 35.6. The Morgan fingerprint density at radius 3 is 2.39 bits per heavy atom. The first kappa shape index (κ1) is 43.1. The number of likely N-dealkylation sites (tertiary alicyclic amines) is 2. The predicted molar refractivity (Wildman–Crippen MR) is 239 cm³/mol. The van der Waals surface area contributed by atoms with Crippen LogP contribution in [-0.4, -0.2) is 108 Å². The molecule has 2 unspecified atom stereocenters. The number of imide groups is 1. The molecule has 0 saturated carbocycles. The number of nitrogens with two attached hydrogens (primary N) is 3. The molecular formula is C47H61N9O5. The van der Waals surface area contributed by atoms with Crippen LogP contribution in [-0.2, 0) is 14.3 Å². The molecule has 3 fully saturated rings. The Labute approximate surface area is 358 Å². The summed E-state index contributed by atoms with van der Waals surface area (Å²) in [6.07, 6.45) is 8.36. The minimum Gasteiger partial charge on any atom is -0.507 e. The number of phenols is 1. The van der Waals surface area contributed by atoms with Gasteiger partial charge in [-0.25, -0.2) is 0 Å². The van der Waals surface area contributed by atoms with Gasteiger partial charge in [0.25, 0.3) is 5.91 Å². The highest BCUT2D eigenvalue weighted by atomic mass is 16.5. The molecule has 8 N–H and O–H groups in total. The van der Waals surface area contributed by atoms with Crippen LogP contribution >= 0.6 is 0 Å². The number of carbonyl (C=O) groups is 3. The van der Waals surface area contributed by atoms with Gasteiger partial charge in [0.05, 0.1) is 11.8 Å². The van der Waals surface area contributed by atoms with Crippen molar-refractivity contribution in [3.8, 4) is 5.75 Å². The van der Waals surface area contributed by atoms with Gasteiger partial charge < -0.3 is 51.2 Å². The Kier molecular flexibility index (Phi) is 13.5. The number of hydrogen-bond donors (Lipinski definition) is 5. The molecular weight excluding hydrogens is 771 g/mol. The highest BCUT2D eigenvalue weighted by Gasteiger charge is 2.31. The molecule has 3 saturated heterocycles. The van der Waals surface area contributed by atoms with Crippen LogP contribution in [0.15, 0.2) is 90.5 Å². The first-order chi connectivity index (χ1) is 29.4. The standard InChI is InChI=1S/C47H61N9O5/c1-31-24-35(8-10-38(31)44-29-55(27-32(2)61-44)42(46(49)50)26-40(48)39-6-4-5-7-43(39)58)47(60)54-21-12-33(13-22-54)28-53-19-15-36(16-20-53)56-23-14-34-25-37(9-11-41(34)56)52(3)18-17-45(59)51-30-57/h4-11,14,23-26,30,32-33,36,44,58H,12-13,15-22,27-29,48-50H2,1-3H3,(H,51,57,59)/b40-26-. The molecule has 0 radical (unpaired) electrons. The number of phenolic OH excluding ortho intramolecular Hbond substituents is 1. The fraction of sp³-hybridized carbons (Fsp3) is 0.426. The van der Waals surface area contributed by atoms with Crippen LogP contribution < -0.4 is 27.4 Å². The Hall–Kier alpha value is -5.99. The van der Waals surface area contributed by atoms with Crippen molar-refractivity contribution in [2.45, 2.75) is 64.2 Å². The van der Waals surface area contributed by atoms with Crippen molar-refractivity contribution in [3.63, 3.8) is 0 Å². The SMILES string of the molecule is Cc1cc(C(=O)N2CCC(CN3CCC(n4ccc5cc(N(C)CCC(=O)NC=O)ccc54)CC3)CC2)ccc1C1CN(C(/C=C(\N)c2ccccc2O)=C(N)N)CC(C)O1. The lowest BCUT2D eigenvalue weighted by Crippen LogP contribution is -2.44. The van der Waals surface area contributed by atoms with E-state index in [2.05, 4.69) is 50.1 Å². The fourth-order valence-electron chi connectivity index (χ4n) is 9.28. The van der Waals surface area contributed by atoms with E-state index in [1.165, 1.54) is 10.9 Å². The summed E-state index contributed by atoms with van der Waals surface area (Å²) >= 11 is 0. The van der Waals surface area contributed by atoms with E-state index >= 15 is 0 Å². The summed E-state index contributed by atoms with van der Waals surface area (Å²) in [6.45, 7) is 10.3. The number of aromatic nitrogens is 1. The van der Waals surface area contributed by atoms with Gasteiger partial charge in [0.1, 0.15) is 17.7 Å². The van der Waals surface area contributed by atoms with Crippen LogP contribution in [0.4, 0.5) is 5.69 Å². The lowest BCUT2D eigenvalue weighted by Gasteiger charge is -2.39. The van der Waals surface area contributed by atoms with E-state index in [-0.39, 0.29) is 42.0 Å². The number of aromatic hydroxyl groups is 1. The third-order valence-electron chi connectivity index (χ3n) is 12.7. The lowest BCUT2D eigenvalue weighted by atomic mass is 9.93. The third-order valence-corrected chi connectivity index (χ3v) is 12.7. The van der Waals surface area contributed by atoms with Crippen LogP contribution in [0.2, 0.25) is 0 Å². The maximum absolute atomic E-state index is 13.8. The number of para-hydroxylation sites is 1. The van der Waals surface area contributed by atoms with Crippen molar-refractivity contribution in [1.29, 1.82) is 0 Å². The first-order valence-corrected chi connectivity index (χ1v) is 21.5. The van der Waals surface area contributed by atoms with Crippen molar-refractivity contribution in [1.82, 2.24) is 24.6 Å². The molecule has 3 amide bonds. The maximum Gasteiger partial charge on any atom is 0.253 e. The molecule has 14 nitrogen and oxygen atoms in total. The molecule has 324 valence electrons. The fourth-order valence-corrected chi connectivity index (χ4v) is 9.28. The molecule has 3 aliphatic heterocycles. The Bertz CT molecular complexity index is 2270. The number of nitrogens with one attached hydrogen (secondary N) is 1. The number of fused-ring (bicyclic) bond motifs is 1. The number of benzene rings is 3. The highest BCUT2D eigenvalue weighted by molar-refractivity contribution is 5.94. The molecule has 4 heterocycles. The van der Waals surface area contributed by atoms with Crippen molar-refractivity contribution in [2.75, 3.05) is 64.3 Å². The average molecular weight is 832 g/mol. The van der Waals surface area contributed by atoms with Crippen molar-refractivity contribution < 1.29 is 24.2 Å². The van der Waals surface area contributed by atoms with E-state index in [1.807, 2.05) is 55.0 Å². The summed E-state index contributed by atoms with van der Waals surface area (Å²) in [6, 6.07) is 21.9. The van der Waals surface area contributed by atoms with Crippen molar-refractivity contribution in [3.05, 3.63) is 113 Å². The van der Waals surface area contributed by atoms with E-state index in [4.69, 9.17) is 21.9 Å². The van der Waals surface area contributed by atoms with Crippen LogP contribution in [0.1, 0.15) is 78.2 Å². The molecule has 7 rings (SSSR count). The van der Waals surface area contributed by atoms with E-state index in [0.29, 0.717) is 60.5 Å². The van der Waals surface area contributed by atoms with E-state index < -0.39 is 0 Å². The number of morpholine rings is 1. The predicted octanol–water partition coefficient (Wildman–Crippen LogP) is 4.79. The topological polar surface area (TPSA) is 189 Å². The third kappa shape index (κ3) is 10.1. The average Bonchev–Trinajstić information content (AvgIpc) is 3.68. The number of anilines is 1. The van der Waals surface area contributed by atoms with Gasteiger partial charge >= 0.3 is 0 Å². The monoisotopic (exact) mass is 831 g/mol. The van der Waals surface area contributed by atoms with Gasteiger partial charge in [-0.1, -0.05) is 18.2 Å². The number of aryl methyl sites for hydroxylation is 1. The van der Waals surface area contributed by atoms with Gasteiger partial charge in [0, 0.05) is 111 Å². The van der Waals surface area contributed by atoms with Gasteiger partial charge in [0.2, 0.25) is 12.3 Å². The Morgan fingerprint density at radius 1 is 0.934 bits per heavy atom. The number of hydrogen-bond acceptors (Lipinski definition) is 11. The molecule has 14 heteroatoms. The highest BCUT2D eigenvalue weighted by Crippen LogP contribution is 2.34. The molecule has 2 atom stereocenters. The van der Waals surface area contributed by atoms with Crippen LogP contribution in [0.5, 0.6) is 5.75 Å². The minimum absolute atomic E-state index is 0.0686. The molecule has 1 aromatic heterocycles. The number of piperidine rings is 2. The quantitative estimate of drug-likeness (QED) is 0.0921. The van der Waals surface area contributed by atoms with Crippen molar-refractivity contribution in [2.24, 2.45) is 23.1 Å². The minimum atomic E-state index is -0.282. The van der Waals surface area contributed by atoms with Crippen LogP contribution in [0, 0.1) is 12.8 Å². The second kappa shape index (κ2) is 19.2. The normalized spacial score (nSPS) is 19.5. The molecule has 61 heavy (non-hydrogen) atoms. The van der Waals surface area contributed by atoms with Crippen LogP contribution in [0.25, 0.3) is 16.6 Å². The molecule has 4 aromatic rings. The van der Waals surface area contributed by atoms with Gasteiger partial charge in [-0.15, -0.1) is 0 Å². The zero-order chi connectivity index (χ0) is 43.2. The lowest BCUT2D eigenvalue weighted by molar-refractivity contribution is -0.125. The molecule has 0 aliphatic carbocycles. The largest absolute Gasteiger partial charge is 0.507 e. The van der Waals surface area contributed by atoms with E-state index in [0.717, 1.165) is 75.2 Å². The van der Waals surface area contributed by atoms with Gasteiger partial charge in [0.15, 0.2) is 0 Å². The zero-order valence-electron chi connectivity index (χ0n) is 35.6. The molecule has 3 aliphatic rings. The summed E-state index contributed by atoms with van der Waals surface area (Å²) in [5.74, 6) is 0.553. The summed E-state index contributed by atoms with van der Waals surface area (Å²) in [4.78, 5) is 44.8. The van der Waals surface area contributed by atoms with Crippen LogP contribution in [0.3, 0.4) is 0 Å². The molecule has 3 aromatic carbocycles. The Morgan fingerprint density at radius 2 is 1.69 bits per heavy atom. The smallest absolute Gasteiger partial charge is 0.253 e. The summed E-state index contributed by atoms with van der Waals surface area (Å²) in [7, 11) is 1.96. The van der Waals surface area contributed by atoms with Gasteiger partial charge in [-0.05, 0) is 111 Å². The number of carbonyl (C=O) groups excluding carboxylic acids is 3. The number of allylic oxidation sites excluding steroid dienone is 1. The number of ether oxygens (including phenoxy) is 1.